The second kappa shape index (κ2) is 8.05. The van der Waals surface area contributed by atoms with E-state index < -0.39 is 5.60 Å². The van der Waals surface area contributed by atoms with Crippen LogP contribution in [0.3, 0.4) is 0 Å². The average molecular weight is 333 g/mol. The van der Waals surface area contributed by atoms with Crippen molar-refractivity contribution in [3.05, 3.63) is 30.1 Å². The largest absolute Gasteiger partial charge is 0.384 e. The number of β-amino-alcohol motifs (C(OH)–C–C–N with tert-alkyl or cyclic N) is 1. The molecule has 2 aliphatic heterocycles. The van der Waals surface area contributed by atoms with Gasteiger partial charge in [-0.25, -0.2) is 0 Å². The van der Waals surface area contributed by atoms with Crippen LogP contribution < -0.4 is 0 Å². The normalized spacial score (nSPS) is 25.6. The molecule has 6 nitrogen and oxygen atoms in total. The Hall–Kier alpha value is -1.50. The molecule has 0 saturated carbocycles. The maximum Gasteiger partial charge on any atom is 0.223 e. The summed E-state index contributed by atoms with van der Waals surface area (Å²) in [6, 6.07) is 3.86. The van der Waals surface area contributed by atoms with Crippen LogP contribution in [-0.2, 0) is 16.0 Å². The summed E-state index contributed by atoms with van der Waals surface area (Å²) in [4.78, 5) is 20.7. The lowest BCUT2D eigenvalue weighted by Crippen LogP contribution is -2.53. The van der Waals surface area contributed by atoms with Crippen LogP contribution in [0.2, 0.25) is 0 Å². The van der Waals surface area contributed by atoms with Crippen molar-refractivity contribution < 1.29 is 14.6 Å². The van der Waals surface area contributed by atoms with Gasteiger partial charge in [-0.15, -0.1) is 0 Å². The first kappa shape index (κ1) is 17.3. The summed E-state index contributed by atoms with van der Waals surface area (Å²) in [6.07, 6.45) is 7.01. The summed E-state index contributed by atoms with van der Waals surface area (Å²) >= 11 is 0. The third-order valence-electron chi connectivity index (χ3n) is 4.78. The number of aryl methyl sites for hydroxylation is 1. The van der Waals surface area contributed by atoms with Crippen LogP contribution in [0.5, 0.6) is 0 Å². The van der Waals surface area contributed by atoms with Crippen molar-refractivity contribution >= 4 is 5.91 Å². The quantitative estimate of drug-likeness (QED) is 0.859. The van der Waals surface area contributed by atoms with Gasteiger partial charge in [-0.2, -0.15) is 0 Å². The van der Waals surface area contributed by atoms with Crippen LogP contribution in [0.25, 0.3) is 0 Å². The van der Waals surface area contributed by atoms with Gasteiger partial charge in [0.2, 0.25) is 5.91 Å². The summed E-state index contributed by atoms with van der Waals surface area (Å²) < 4.78 is 5.58. The fraction of sp³-hybridized carbons (Fsp3) is 0.667. The summed E-state index contributed by atoms with van der Waals surface area (Å²) in [5.41, 5.74) is 0.0920. The van der Waals surface area contributed by atoms with Crippen molar-refractivity contribution in [1.29, 1.82) is 0 Å². The molecule has 1 N–H and O–H groups in total. The number of aliphatic hydroxyl groups is 1. The molecule has 2 saturated heterocycles. The highest BCUT2D eigenvalue weighted by Crippen LogP contribution is 2.18. The molecule has 2 aliphatic rings. The summed E-state index contributed by atoms with van der Waals surface area (Å²) in [5.74, 6) is 0.0733. The molecule has 1 aromatic rings. The van der Waals surface area contributed by atoms with E-state index in [0.717, 1.165) is 18.7 Å². The Bertz CT molecular complexity index is 534. The molecular formula is C18H27N3O3. The maximum absolute atomic E-state index is 12.6. The van der Waals surface area contributed by atoms with Crippen LogP contribution in [-0.4, -0.2) is 77.3 Å². The Morgan fingerprint density at radius 3 is 2.92 bits per heavy atom. The Morgan fingerprint density at radius 2 is 2.17 bits per heavy atom. The van der Waals surface area contributed by atoms with E-state index in [0.29, 0.717) is 45.7 Å². The number of pyridine rings is 1. The lowest BCUT2D eigenvalue weighted by atomic mass is 10.0. The van der Waals surface area contributed by atoms with Crippen LogP contribution >= 0.6 is 0 Å². The molecule has 132 valence electrons. The number of likely N-dealkylation sites (tertiary alicyclic amines) is 1. The molecule has 3 rings (SSSR count). The average Bonchev–Trinajstić information content (AvgIpc) is 3.01. The zero-order chi connectivity index (χ0) is 16.8. The monoisotopic (exact) mass is 333 g/mol. The van der Waals surface area contributed by atoms with Gasteiger partial charge < -0.3 is 19.6 Å². The molecular weight excluding hydrogens is 306 g/mol. The molecule has 1 amide bonds. The molecule has 24 heavy (non-hydrogen) atoms. The van der Waals surface area contributed by atoms with Gasteiger partial charge in [0, 0.05) is 31.9 Å². The van der Waals surface area contributed by atoms with Gasteiger partial charge in [0.15, 0.2) is 0 Å². The molecule has 3 heterocycles. The molecule has 0 aliphatic carbocycles. The predicted octanol–water partition coefficient (Wildman–Crippen LogP) is 0.700. The van der Waals surface area contributed by atoms with Crippen molar-refractivity contribution in [2.75, 3.05) is 45.9 Å². The van der Waals surface area contributed by atoms with Gasteiger partial charge in [0.1, 0.15) is 5.60 Å². The SMILES string of the molecule is O=C(CCc1cccnc1)N1CCOC[C@](O)(CN2CCCC2)C1. The third-order valence-corrected chi connectivity index (χ3v) is 4.78. The highest BCUT2D eigenvalue weighted by Gasteiger charge is 2.36. The van der Waals surface area contributed by atoms with Crippen molar-refractivity contribution in [3.8, 4) is 0 Å². The topological polar surface area (TPSA) is 65.9 Å². The van der Waals surface area contributed by atoms with E-state index in [-0.39, 0.29) is 5.91 Å². The highest BCUT2D eigenvalue weighted by atomic mass is 16.5. The van der Waals surface area contributed by atoms with E-state index in [2.05, 4.69) is 9.88 Å². The number of nitrogens with zero attached hydrogens (tertiary/aromatic N) is 3. The fourth-order valence-corrected chi connectivity index (χ4v) is 3.54. The highest BCUT2D eigenvalue weighted by molar-refractivity contribution is 5.76. The fourth-order valence-electron chi connectivity index (χ4n) is 3.54. The number of carbonyl (C=O) groups excluding carboxylic acids is 1. The molecule has 1 atom stereocenters. The van der Waals surface area contributed by atoms with Gasteiger partial charge in [0.05, 0.1) is 19.8 Å². The summed E-state index contributed by atoms with van der Waals surface area (Å²) in [5, 5.41) is 10.9. The van der Waals surface area contributed by atoms with Gasteiger partial charge >= 0.3 is 0 Å². The number of amides is 1. The number of hydrogen-bond donors (Lipinski definition) is 1. The van der Waals surface area contributed by atoms with Crippen molar-refractivity contribution in [3.63, 3.8) is 0 Å². The number of rotatable bonds is 5. The third kappa shape index (κ3) is 4.75. The lowest BCUT2D eigenvalue weighted by Gasteiger charge is -2.34. The Balaban J connectivity index is 1.56. The van der Waals surface area contributed by atoms with Gasteiger partial charge in [-0.3, -0.25) is 9.78 Å². The molecule has 0 aromatic carbocycles. The second-order valence-electron chi connectivity index (χ2n) is 6.94. The van der Waals surface area contributed by atoms with Crippen LogP contribution in [0.1, 0.15) is 24.8 Å². The molecule has 1 aromatic heterocycles. The summed E-state index contributed by atoms with van der Waals surface area (Å²) in [6.45, 7) is 4.33. The standard InChI is InChI=1S/C18H27N3O3/c22-17(6-5-16-4-3-7-19-12-16)21-10-11-24-15-18(23,14-21)13-20-8-1-2-9-20/h3-4,7,12,23H,1-2,5-6,8-11,13-15H2/t18-/m0/s1. The Labute approximate surface area is 143 Å². The number of hydrogen-bond acceptors (Lipinski definition) is 5. The zero-order valence-corrected chi connectivity index (χ0v) is 14.2. The van der Waals surface area contributed by atoms with Gasteiger partial charge in [-0.05, 0) is 44.0 Å². The van der Waals surface area contributed by atoms with E-state index in [9.17, 15) is 9.90 Å². The Morgan fingerprint density at radius 1 is 1.33 bits per heavy atom. The van der Waals surface area contributed by atoms with Crippen LogP contribution in [0.4, 0.5) is 0 Å². The van der Waals surface area contributed by atoms with E-state index in [1.807, 2.05) is 12.1 Å². The molecule has 0 bridgehead atoms. The smallest absolute Gasteiger partial charge is 0.223 e. The van der Waals surface area contributed by atoms with Crippen LogP contribution in [0, 0.1) is 0 Å². The number of aromatic nitrogens is 1. The molecule has 0 radical (unpaired) electrons. The molecule has 2 fully saturated rings. The minimum absolute atomic E-state index is 0.0733. The number of carbonyl (C=O) groups is 1. The van der Waals surface area contributed by atoms with Crippen LogP contribution in [0.15, 0.2) is 24.5 Å². The van der Waals surface area contributed by atoms with Gasteiger partial charge in [0.25, 0.3) is 0 Å². The Kier molecular flexibility index (Phi) is 5.81. The van der Waals surface area contributed by atoms with Crippen molar-refractivity contribution in [2.24, 2.45) is 0 Å². The zero-order valence-electron chi connectivity index (χ0n) is 14.2. The number of ether oxygens (including phenoxy) is 1. The first-order valence-corrected chi connectivity index (χ1v) is 8.84. The van der Waals surface area contributed by atoms with E-state index >= 15 is 0 Å². The predicted molar refractivity (Wildman–Crippen MR) is 90.6 cm³/mol. The second-order valence-corrected chi connectivity index (χ2v) is 6.94. The minimum Gasteiger partial charge on any atom is -0.384 e. The minimum atomic E-state index is -0.967. The van der Waals surface area contributed by atoms with E-state index in [4.69, 9.17) is 4.74 Å². The van der Waals surface area contributed by atoms with Crippen molar-refractivity contribution in [1.82, 2.24) is 14.8 Å². The van der Waals surface area contributed by atoms with E-state index in [1.54, 1.807) is 17.3 Å². The lowest BCUT2D eigenvalue weighted by molar-refractivity contribution is -0.134. The first-order chi connectivity index (χ1) is 11.6. The maximum atomic E-state index is 12.6. The summed E-state index contributed by atoms with van der Waals surface area (Å²) in [7, 11) is 0. The van der Waals surface area contributed by atoms with E-state index in [1.165, 1.54) is 12.8 Å². The molecule has 6 heteroatoms. The molecule has 0 spiro atoms. The van der Waals surface area contributed by atoms with Crippen molar-refractivity contribution in [2.45, 2.75) is 31.3 Å². The van der Waals surface area contributed by atoms with Gasteiger partial charge in [-0.1, -0.05) is 6.07 Å². The first-order valence-electron chi connectivity index (χ1n) is 8.84. The molecule has 0 unspecified atom stereocenters.